The van der Waals surface area contributed by atoms with E-state index in [4.69, 9.17) is 4.74 Å². The van der Waals surface area contributed by atoms with Crippen molar-refractivity contribution in [2.75, 3.05) is 46.9 Å². The summed E-state index contributed by atoms with van der Waals surface area (Å²) in [5, 5.41) is 0. The molecule has 1 fully saturated rings. The maximum absolute atomic E-state index is 13.1. The molecule has 1 aliphatic heterocycles. The van der Waals surface area contributed by atoms with Crippen molar-refractivity contribution in [3.63, 3.8) is 0 Å². The van der Waals surface area contributed by atoms with E-state index in [0.29, 0.717) is 13.1 Å². The lowest BCUT2D eigenvalue weighted by Gasteiger charge is -2.24. The Morgan fingerprint density at radius 3 is 2.52 bits per heavy atom. The minimum absolute atomic E-state index is 0.125. The normalized spacial score (nSPS) is 15.7. The third kappa shape index (κ3) is 6.54. The second kappa shape index (κ2) is 10.4. The summed E-state index contributed by atoms with van der Waals surface area (Å²) in [5.41, 5.74) is 2.18. The van der Waals surface area contributed by atoms with Crippen LogP contribution in [0.1, 0.15) is 17.5 Å². The zero-order valence-electron chi connectivity index (χ0n) is 17.3. The van der Waals surface area contributed by atoms with E-state index in [2.05, 4.69) is 9.80 Å². The van der Waals surface area contributed by atoms with Crippen molar-refractivity contribution in [1.82, 2.24) is 14.7 Å². The zero-order chi connectivity index (χ0) is 20.6. The predicted molar refractivity (Wildman–Crippen MR) is 112 cm³/mol. The van der Waals surface area contributed by atoms with Gasteiger partial charge in [-0.15, -0.1) is 0 Å². The van der Waals surface area contributed by atoms with Crippen molar-refractivity contribution < 1.29 is 13.9 Å². The van der Waals surface area contributed by atoms with E-state index in [9.17, 15) is 9.18 Å². The number of amides is 1. The average Bonchev–Trinajstić information content (AvgIpc) is 2.95. The molecule has 3 rings (SSSR count). The highest BCUT2D eigenvalue weighted by atomic mass is 19.1. The van der Waals surface area contributed by atoms with Gasteiger partial charge in [-0.2, -0.15) is 0 Å². The molecule has 0 bridgehead atoms. The third-order valence-corrected chi connectivity index (χ3v) is 5.34. The number of benzene rings is 2. The van der Waals surface area contributed by atoms with Crippen LogP contribution in [0.5, 0.6) is 5.75 Å². The lowest BCUT2D eigenvalue weighted by molar-refractivity contribution is -0.131. The van der Waals surface area contributed by atoms with E-state index in [-0.39, 0.29) is 11.7 Å². The molecule has 156 valence electrons. The van der Waals surface area contributed by atoms with Crippen molar-refractivity contribution in [3.8, 4) is 5.75 Å². The largest absolute Gasteiger partial charge is 0.497 e. The Hall–Kier alpha value is -2.44. The molecular weight excluding hydrogens is 369 g/mol. The monoisotopic (exact) mass is 399 g/mol. The number of carbonyl (C=O) groups is 1. The van der Waals surface area contributed by atoms with Gasteiger partial charge in [-0.3, -0.25) is 14.6 Å². The van der Waals surface area contributed by atoms with Crippen molar-refractivity contribution in [2.24, 2.45) is 0 Å². The Morgan fingerprint density at radius 2 is 1.76 bits per heavy atom. The van der Waals surface area contributed by atoms with Crippen LogP contribution in [0.3, 0.4) is 0 Å². The van der Waals surface area contributed by atoms with Gasteiger partial charge >= 0.3 is 0 Å². The molecule has 29 heavy (non-hydrogen) atoms. The molecule has 1 heterocycles. The first-order valence-electron chi connectivity index (χ1n) is 10.1. The van der Waals surface area contributed by atoms with Crippen molar-refractivity contribution in [1.29, 1.82) is 0 Å². The van der Waals surface area contributed by atoms with Crippen LogP contribution in [0, 0.1) is 5.82 Å². The Morgan fingerprint density at radius 1 is 1.03 bits per heavy atom. The molecule has 6 heteroatoms. The van der Waals surface area contributed by atoms with Crippen LogP contribution < -0.4 is 4.74 Å². The molecule has 0 spiro atoms. The van der Waals surface area contributed by atoms with Crippen LogP contribution in [-0.4, -0.2) is 67.5 Å². The molecule has 0 atom stereocenters. The molecule has 1 amide bonds. The Balaban J connectivity index is 1.47. The van der Waals surface area contributed by atoms with E-state index in [0.717, 1.165) is 56.0 Å². The van der Waals surface area contributed by atoms with Gasteiger partial charge in [0.05, 0.1) is 13.7 Å². The van der Waals surface area contributed by atoms with E-state index >= 15 is 0 Å². The second-order valence-electron chi connectivity index (χ2n) is 7.63. The van der Waals surface area contributed by atoms with E-state index in [1.807, 2.05) is 43.4 Å². The molecular formula is C23H30FN3O2. The molecule has 0 aromatic heterocycles. The maximum atomic E-state index is 13.1. The molecule has 5 nitrogen and oxygen atoms in total. The molecule has 0 unspecified atom stereocenters. The van der Waals surface area contributed by atoms with Crippen molar-refractivity contribution in [2.45, 2.75) is 19.5 Å². The SMILES string of the molecule is COc1cccc(CN(C)C(=O)CN2CCCN(Cc3ccc(F)cc3)CC2)c1. The van der Waals surface area contributed by atoms with Gasteiger partial charge in [-0.1, -0.05) is 24.3 Å². The van der Waals surface area contributed by atoms with E-state index in [1.54, 1.807) is 12.0 Å². The van der Waals surface area contributed by atoms with Crippen molar-refractivity contribution in [3.05, 3.63) is 65.5 Å². The van der Waals surface area contributed by atoms with Gasteiger partial charge in [0, 0.05) is 33.2 Å². The Kier molecular flexibility index (Phi) is 7.61. The van der Waals surface area contributed by atoms with Gasteiger partial charge in [0.15, 0.2) is 0 Å². The van der Waals surface area contributed by atoms with Crippen LogP contribution in [0.25, 0.3) is 0 Å². The number of hydrogen-bond donors (Lipinski definition) is 0. The van der Waals surface area contributed by atoms with Gasteiger partial charge < -0.3 is 9.64 Å². The summed E-state index contributed by atoms with van der Waals surface area (Å²) in [7, 11) is 3.49. The molecule has 0 radical (unpaired) electrons. The van der Waals surface area contributed by atoms with Crippen LogP contribution in [-0.2, 0) is 17.9 Å². The summed E-state index contributed by atoms with van der Waals surface area (Å²) in [4.78, 5) is 19.1. The minimum Gasteiger partial charge on any atom is -0.497 e. The first-order valence-corrected chi connectivity index (χ1v) is 10.1. The van der Waals surface area contributed by atoms with Gasteiger partial charge in [-0.25, -0.2) is 4.39 Å². The first-order chi connectivity index (χ1) is 14.0. The highest BCUT2D eigenvalue weighted by molar-refractivity contribution is 5.78. The highest BCUT2D eigenvalue weighted by Gasteiger charge is 2.19. The fourth-order valence-electron chi connectivity index (χ4n) is 3.63. The summed E-state index contributed by atoms with van der Waals surface area (Å²) < 4.78 is 18.3. The number of nitrogens with zero attached hydrogens (tertiary/aromatic N) is 3. The maximum Gasteiger partial charge on any atom is 0.236 e. The lowest BCUT2D eigenvalue weighted by Crippen LogP contribution is -2.39. The predicted octanol–water partition coefficient (Wildman–Crippen LogP) is 3.00. The zero-order valence-corrected chi connectivity index (χ0v) is 17.3. The fraction of sp³-hybridized carbons (Fsp3) is 0.435. The van der Waals surface area contributed by atoms with Crippen LogP contribution >= 0.6 is 0 Å². The summed E-state index contributed by atoms with van der Waals surface area (Å²) in [6.07, 6.45) is 1.02. The summed E-state index contributed by atoms with van der Waals surface area (Å²) in [5.74, 6) is 0.726. The van der Waals surface area contributed by atoms with Gasteiger partial charge in [0.1, 0.15) is 11.6 Å². The molecule has 0 saturated carbocycles. The summed E-state index contributed by atoms with van der Waals surface area (Å²) >= 11 is 0. The first kappa shape index (κ1) is 21.3. The van der Waals surface area contributed by atoms with E-state index < -0.39 is 0 Å². The second-order valence-corrected chi connectivity index (χ2v) is 7.63. The molecule has 2 aromatic carbocycles. The number of likely N-dealkylation sites (N-methyl/N-ethyl adjacent to an activating group) is 1. The molecule has 2 aromatic rings. The van der Waals surface area contributed by atoms with Crippen LogP contribution in [0.15, 0.2) is 48.5 Å². The van der Waals surface area contributed by atoms with Gasteiger partial charge in [-0.05, 0) is 54.9 Å². The Bertz CT molecular complexity index is 797. The van der Waals surface area contributed by atoms with Crippen molar-refractivity contribution >= 4 is 5.91 Å². The lowest BCUT2D eigenvalue weighted by atomic mass is 10.2. The minimum atomic E-state index is -0.202. The average molecular weight is 400 g/mol. The standard InChI is InChI=1S/C23H30FN3O2/c1-25(16-20-5-3-6-22(15-20)29-2)23(28)18-27-12-4-11-26(13-14-27)17-19-7-9-21(24)10-8-19/h3,5-10,15H,4,11-14,16-18H2,1-2H3. The fourth-order valence-corrected chi connectivity index (χ4v) is 3.63. The summed E-state index contributed by atoms with van der Waals surface area (Å²) in [6.45, 7) is 5.49. The van der Waals surface area contributed by atoms with Crippen LogP contribution in [0.2, 0.25) is 0 Å². The smallest absolute Gasteiger partial charge is 0.236 e. The number of methoxy groups -OCH3 is 1. The topological polar surface area (TPSA) is 36.0 Å². The number of ether oxygens (including phenoxy) is 1. The number of carbonyl (C=O) groups excluding carboxylic acids is 1. The number of halogens is 1. The highest BCUT2D eigenvalue weighted by Crippen LogP contribution is 2.14. The molecule has 1 saturated heterocycles. The third-order valence-electron chi connectivity index (χ3n) is 5.34. The Labute approximate surface area is 172 Å². The van der Waals surface area contributed by atoms with Crippen LogP contribution in [0.4, 0.5) is 4.39 Å². The quantitative estimate of drug-likeness (QED) is 0.717. The number of hydrogen-bond acceptors (Lipinski definition) is 4. The van der Waals surface area contributed by atoms with Gasteiger partial charge in [0.2, 0.25) is 5.91 Å². The van der Waals surface area contributed by atoms with Gasteiger partial charge in [0.25, 0.3) is 0 Å². The van der Waals surface area contributed by atoms with E-state index in [1.165, 1.54) is 12.1 Å². The molecule has 1 aliphatic rings. The number of rotatable bonds is 7. The molecule has 0 aliphatic carbocycles. The molecule has 0 N–H and O–H groups in total. The summed E-state index contributed by atoms with van der Waals surface area (Å²) in [6, 6.07) is 14.5.